The number of hydrogen-bond donors (Lipinski definition) is 1. The molecule has 1 aromatic heterocycles. The standard InChI is InChI=1S/C8H9BrF2N2/c1-4-3-13-7(9)5(2-12)6(4)8(10)11/h3,8H,2,12H2,1H3. The molecule has 0 spiro atoms. The van der Waals surface area contributed by atoms with E-state index in [0.29, 0.717) is 15.7 Å². The summed E-state index contributed by atoms with van der Waals surface area (Å²) in [6.45, 7) is 1.66. The van der Waals surface area contributed by atoms with Crippen molar-refractivity contribution < 1.29 is 8.78 Å². The minimum Gasteiger partial charge on any atom is -0.326 e. The van der Waals surface area contributed by atoms with Crippen LogP contribution < -0.4 is 5.73 Å². The molecule has 0 saturated heterocycles. The molecule has 0 bridgehead atoms. The summed E-state index contributed by atoms with van der Waals surface area (Å²) in [6, 6.07) is 0. The highest BCUT2D eigenvalue weighted by Crippen LogP contribution is 2.29. The van der Waals surface area contributed by atoms with Gasteiger partial charge in [0, 0.05) is 23.9 Å². The van der Waals surface area contributed by atoms with Crippen molar-refractivity contribution in [2.45, 2.75) is 19.9 Å². The summed E-state index contributed by atoms with van der Waals surface area (Å²) >= 11 is 3.09. The van der Waals surface area contributed by atoms with Crippen molar-refractivity contribution in [1.82, 2.24) is 4.98 Å². The zero-order valence-corrected chi connectivity index (χ0v) is 8.61. The van der Waals surface area contributed by atoms with Crippen LogP contribution in [0.25, 0.3) is 0 Å². The fraction of sp³-hybridized carbons (Fsp3) is 0.375. The minimum atomic E-state index is -2.50. The topological polar surface area (TPSA) is 38.9 Å². The van der Waals surface area contributed by atoms with E-state index in [2.05, 4.69) is 20.9 Å². The van der Waals surface area contributed by atoms with Crippen LogP contribution in [0.4, 0.5) is 8.78 Å². The minimum absolute atomic E-state index is 0.00984. The lowest BCUT2D eigenvalue weighted by Gasteiger charge is -2.10. The Labute approximate surface area is 83.3 Å². The van der Waals surface area contributed by atoms with E-state index in [1.807, 2.05) is 0 Å². The smallest absolute Gasteiger partial charge is 0.264 e. The third kappa shape index (κ3) is 2.03. The Bertz CT molecular complexity index is 315. The van der Waals surface area contributed by atoms with Gasteiger partial charge in [-0.3, -0.25) is 0 Å². The maximum atomic E-state index is 12.6. The summed E-state index contributed by atoms with van der Waals surface area (Å²) in [7, 11) is 0. The van der Waals surface area contributed by atoms with Crippen LogP contribution in [-0.4, -0.2) is 4.98 Å². The van der Waals surface area contributed by atoms with E-state index in [1.165, 1.54) is 6.20 Å². The number of aromatic nitrogens is 1. The predicted molar refractivity (Wildman–Crippen MR) is 49.5 cm³/mol. The van der Waals surface area contributed by atoms with Crippen molar-refractivity contribution >= 4 is 15.9 Å². The molecule has 0 atom stereocenters. The van der Waals surface area contributed by atoms with Crippen molar-refractivity contribution in [3.63, 3.8) is 0 Å². The molecule has 0 aliphatic rings. The molecule has 5 heteroatoms. The number of rotatable bonds is 2. The van der Waals surface area contributed by atoms with Gasteiger partial charge in [-0.15, -0.1) is 0 Å². The van der Waals surface area contributed by atoms with Crippen LogP contribution in [0.2, 0.25) is 0 Å². The number of alkyl halides is 2. The quantitative estimate of drug-likeness (QED) is 0.820. The summed E-state index contributed by atoms with van der Waals surface area (Å²) in [5.74, 6) is 0. The summed E-state index contributed by atoms with van der Waals surface area (Å²) in [5, 5.41) is 0. The molecule has 0 aliphatic carbocycles. The molecule has 0 saturated carbocycles. The van der Waals surface area contributed by atoms with E-state index in [-0.39, 0.29) is 12.1 Å². The Kier molecular flexibility index (Phi) is 3.33. The summed E-state index contributed by atoms with van der Waals surface area (Å²) in [4.78, 5) is 3.90. The first-order valence-electron chi connectivity index (χ1n) is 3.70. The Morgan fingerprint density at radius 1 is 1.62 bits per heavy atom. The lowest BCUT2D eigenvalue weighted by molar-refractivity contribution is 0.149. The van der Waals surface area contributed by atoms with Gasteiger partial charge in [-0.05, 0) is 28.4 Å². The van der Waals surface area contributed by atoms with Crippen LogP contribution in [0.15, 0.2) is 10.8 Å². The molecular formula is C8H9BrF2N2. The molecule has 2 nitrogen and oxygen atoms in total. The van der Waals surface area contributed by atoms with E-state index in [1.54, 1.807) is 6.92 Å². The van der Waals surface area contributed by atoms with Gasteiger partial charge in [-0.2, -0.15) is 0 Å². The maximum absolute atomic E-state index is 12.6. The third-order valence-corrected chi connectivity index (χ3v) is 2.48. The van der Waals surface area contributed by atoms with Gasteiger partial charge in [-0.25, -0.2) is 13.8 Å². The van der Waals surface area contributed by atoms with E-state index in [9.17, 15) is 8.78 Å². The van der Waals surface area contributed by atoms with Gasteiger partial charge >= 0.3 is 0 Å². The second-order valence-corrected chi connectivity index (χ2v) is 3.38. The second-order valence-electron chi connectivity index (χ2n) is 2.63. The van der Waals surface area contributed by atoms with Crippen molar-refractivity contribution in [3.05, 3.63) is 27.5 Å². The average Bonchev–Trinajstić information content (AvgIpc) is 2.07. The fourth-order valence-corrected chi connectivity index (χ4v) is 1.63. The monoisotopic (exact) mass is 250 g/mol. The molecule has 0 aliphatic heterocycles. The van der Waals surface area contributed by atoms with Gasteiger partial charge in [0.2, 0.25) is 0 Å². The molecule has 2 N–H and O–H groups in total. The van der Waals surface area contributed by atoms with Crippen LogP contribution in [0.3, 0.4) is 0 Å². The highest BCUT2D eigenvalue weighted by atomic mass is 79.9. The van der Waals surface area contributed by atoms with Crippen molar-refractivity contribution in [3.8, 4) is 0 Å². The number of aryl methyl sites for hydroxylation is 1. The molecular weight excluding hydrogens is 242 g/mol. The summed E-state index contributed by atoms with van der Waals surface area (Å²) < 4.78 is 25.5. The van der Waals surface area contributed by atoms with E-state index in [4.69, 9.17) is 5.73 Å². The van der Waals surface area contributed by atoms with Crippen molar-refractivity contribution in [2.24, 2.45) is 5.73 Å². The van der Waals surface area contributed by atoms with Crippen molar-refractivity contribution in [2.75, 3.05) is 0 Å². The molecule has 72 valence electrons. The number of hydrogen-bond acceptors (Lipinski definition) is 2. The second kappa shape index (κ2) is 4.11. The van der Waals surface area contributed by atoms with Gasteiger partial charge in [0.05, 0.1) is 0 Å². The van der Waals surface area contributed by atoms with E-state index < -0.39 is 6.43 Å². The summed E-state index contributed by atoms with van der Waals surface area (Å²) in [5.41, 5.74) is 6.20. The Hall–Kier alpha value is -0.550. The normalized spacial score (nSPS) is 10.9. The first-order chi connectivity index (χ1) is 6.07. The van der Waals surface area contributed by atoms with Gasteiger partial charge < -0.3 is 5.73 Å². The van der Waals surface area contributed by atoms with Gasteiger partial charge in [0.1, 0.15) is 4.60 Å². The molecule has 0 amide bonds. The molecule has 1 aromatic rings. The number of nitrogens with two attached hydrogens (primary N) is 1. The van der Waals surface area contributed by atoms with Crippen LogP contribution >= 0.6 is 15.9 Å². The molecule has 0 unspecified atom stereocenters. The molecule has 0 fully saturated rings. The lowest BCUT2D eigenvalue weighted by Crippen LogP contribution is -2.06. The predicted octanol–water partition coefficient (Wildman–Crippen LogP) is 2.55. The zero-order chi connectivity index (χ0) is 10.0. The first-order valence-corrected chi connectivity index (χ1v) is 4.49. The molecule has 1 rings (SSSR count). The molecule has 1 heterocycles. The largest absolute Gasteiger partial charge is 0.326 e. The Morgan fingerprint density at radius 2 is 2.23 bits per heavy atom. The number of halogens is 3. The van der Waals surface area contributed by atoms with E-state index >= 15 is 0 Å². The molecule has 0 aromatic carbocycles. The maximum Gasteiger partial charge on any atom is 0.264 e. The van der Waals surface area contributed by atoms with Crippen LogP contribution in [0, 0.1) is 6.92 Å². The Morgan fingerprint density at radius 3 is 2.62 bits per heavy atom. The first kappa shape index (κ1) is 10.5. The van der Waals surface area contributed by atoms with Crippen LogP contribution in [-0.2, 0) is 6.54 Å². The molecule has 13 heavy (non-hydrogen) atoms. The SMILES string of the molecule is Cc1cnc(Br)c(CN)c1C(F)F. The average molecular weight is 251 g/mol. The number of pyridine rings is 1. The highest BCUT2D eigenvalue weighted by molar-refractivity contribution is 9.10. The van der Waals surface area contributed by atoms with Gasteiger partial charge in [-0.1, -0.05) is 0 Å². The van der Waals surface area contributed by atoms with Crippen molar-refractivity contribution in [1.29, 1.82) is 0 Å². The highest BCUT2D eigenvalue weighted by Gasteiger charge is 2.17. The zero-order valence-electron chi connectivity index (χ0n) is 7.02. The van der Waals surface area contributed by atoms with E-state index in [0.717, 1.165) is 0 Å². The number of nitrogens with zero attached hydrogens (tertiary/aromatic N) is 1. The van der Waals surface area contributed by atoms with Crippen LogP contribution in [0.1, 0.15) is 23.1 Å². The molecule has 0 radical (unpaired) electrons. The fourth-order valence-electron chi connectivity index (χ4n) is 1.15. The van der Waals surface area contributed by atoms with Gasteiger partial charge in [0.15, 0.2) is 0 Å². The summed E-state index contributed by atoms with van der Waals surface area (Å²) in [6.07, 6.45) is -1.09. The van der Waals surface area contributed by atoms with Crippen LogP contribution in [0.5, 0.6) is 0 Å². The third-order valence-electron chi connectivity index (χ3n) is 1.79. The van der Waals surface area contributed by atoms with Gasteiger partial charge in [0.25, 0.3) is 6.43 Å². The lowest BCUT2D eigenvalue weighted by atomic mass is 10.1. The Balaban J connectivity index is 3.35.